The third kappa shape index (κ3) is 2.69. The van der Waals surface area contributed by atoms with E-state index in [0.717, 1.165) is 36.4 Å². The maximum Gasteiger partial charge on any atom is 0.147 e. The molecule has 0 aromatic carbocycles. The average Bonchev–Trinajstić information content (AvgIpc) is 2.20. The Labute approximate surface area is 85.5 Å². The van der Waals surface area contributed by atoms with Crippen molar-refractivity contribution in [2.45, 2.75) is 33.1 Å². The van der Waals surface area contributed by atoms with Crippen LogP contribution in [0.15, 0.2) is 16.3 Å². The van der Waals surface area contributed by atoms with Gasteiger partial charge in [-0.2, -0.15) is 0 Å². The summed E-state index contributed by atoms with van der Waals surface area (Å²) in [6, 6.07) is 0. The Hall–Kier alpha value is -1.12. The third-order valence-electron chi connectivity index (χ3n) is 2.63. The molecule has 1 fully saturated rings. The number of nitrogens with zero attached hydrogens (tertiary/aromatic N) is 2. The molecule has 1 aliphatic rings. The minimum absolute atomic E-state index is 0.719. The standard InChI is InChI=1S/C11H18N2O/c1-9(8-14)10(2)12-11-6-4-5-7-13(11)3/h8H,4-7H2,1-3H3/b10-9-,12-11-. The number of aliphatic imine (C=N–C) groups is 1. The Balaban J connectivity index is 2.80. The van der Waals surface area contributed by atoms with Crippen LogP contribution in [0.2, 0.25) is 0 Å². The van der Waals surface area contributed by atoms with E-state index in [1.54, 1.807) is 6.92 Å². The second-order valence-electron chi connectivity index (χ2n) is 3.79. The highest BCUT2D eigenvalue weighted by Crippen LogP contribution is 2.13. The van der Waals surface area contributed by atoms with Gasteiger partial charge in [0.2, 0.25) is 0 Å². The fraction of sp³-hybridized carbons (Fsp3) is 0.636. The number of hydrogen-bond donors (Lipinski definition) is 0. The van der Waals surface area contributed by atoms with Crippen LogP contribution in [-0.2, 0) is 4.79 Å². The van der Waals surface area contributed by atoms with Crippen molar-refractivity contribution in [3.8, 4) is 0 Å². The Kier molecular flexibility index (Phi) is 3.86. The van der Waals surface area contributed by atoms with Gasteiger partial charge >= 0.3 is 0 Å². The SMILES string of the molecule is C/C(C=O)=C(C)/N=C1/CCCCN1C. The molecule has 0 atom stereocenters. The van der Waals surface area contributed by atoms with Crippen LogP contribution in [0.4, 0.5) is 0 Å². The van der Waals surface area contributed by atoms with Crippen LogP contribution in [0, 0.1) is 0 Å². The quantitative estimate of drug-likeness (QED) is 0.497. The summed E-state index contributed by atoms with van der Waals surface area (Å²) in [4.78, 5) is 17.2. The molecule has 0 saturated carbocycles. The first-order valence-corrected chi connectivity index (χ1v) is 5.06. The number of carbonyl (C=O) groups is 1. The molecule has 1 aliphatic heterocycles. The molecule has 0 bridgehead atoms. The lowest BCUT2D eigenvalue weighted by Crippen LogP contribution is -2.31. The molecule has 14 heavy (non-hydrogen) atoms. The lowest BCUT2D eigenvalue weighted by atomic mass is 10.1. The summed E-state index contributed by atoms with van der Waals surface area (Å²) in [7, 11) is 2.06. The maximum absolute atomic E-state index is 10.5. The monoisotopic (exact) mass is 194 g/mol. The molecule has 78 valence electrons. The molecular formula is C11H18N2O. The lowest BCUT2D eigenvalue weighted by molar-refractivity contribution is -0.104. The van der Waals surface area contributed by atoms with Crippen LogP contribution in [-0.4, -0.2) is 30.6 Å². The first-order chi connectivity index (χ1) is 6.65. The van der Waals surface area contributed by atoms with Gasteiger partial charge in [0.1, 0.15) is 12.1 Å². The molecule has 3 nitrogen and oxygen atoms in total. The van der Waals surface area contributed by atoms with E-state index >= 15 is 0 Å². The van der Waals surface area contributed by atoms with Gasteiger partial charge in [-0.05, 0) is 26.7 Å². The van der Waals surface area contributed by atoms with Crippen LogP contribution in [0.1, 0.15) is 33.1 Å². The zero-order chi connectivity index (χ0) is 10.6. The summed E-state index contributed by atoms with van der Waals surface area (Å²) in [5.74, 6) is 1.11. The summed E-state index contributed by atoms with van der Waals surface area (Å²) in [5, 5.41) is 0. The normalized spacial score (nSPS) is 22.2. The lowest BCUT2D eigenvalue weighted by Gasteiger charge is -2.26. The summed E-state index contributed by atoms with van der Waals surface area (Å²) >= 11 is 0. The molecule has 1 heterocycles. The molecule has 0 radical (unpaired) electrons. The van der Waals surface area contributed by atoms with Crippen molar-refractivity contribution in [3.05, 3.63) is 11.3 Å². The zero-order valence-corrected chi connectivity index (χ0v) is 9.21. The van der Waals surface area contributed by atoms with Crippen molar-refractivity contribution >= 4 is 12.1 Å². The van der Waals surface area contributed by atoms with Gasteiger partial charge in [-0.3, -0.25) is 4.79 Å². The summed E-state index contributed by atoms with van der Waals surface area (Å²) in [6.45, 7) is 4.76. The summed E-state index contributed by atoms with van der Waals surface area (Å²) < 4.78 is 0. The molecule has 1 rings (SSSR count). The number of carbonyl (C=O) groups excluding carboxylic acids is 1. The van der Waals surface area contributed by atoms with Gasteiger partial charge in [0, 0.05) is 31.3 Å². The topological polar surface area (TPSA) is 32.7 Å². The smallest absolute Gasteiger partial charge is 0.147 e. The number of likely N-dealkylation sites (tertiary alicyclic amines) is 1. The molecule has 0 aliphatic carbocycles. The van der Waals surface area contributed by atoms with Gasteiger partial charge in [-0.15, -0.1) is 0 Å². The fourth-order valence-electron chi connectivity index (χ4n) is 1.46. The van der Waals surface area contributed by atoms with E-state index in [4.69, 9.17) is 0 Å². The summed E-state index contributed by atoms with van der Waals surface area (Å²) in [6.07, 6.45) is 4.34. The van der Waals surface area contributed by atoms with E-state index in [9.17, 15) is 4.79 Å². The maximum atomic E-state index is 10.5. The first kappa shape index (κ1) is 11.0. The van der Waals surface area contributed by atoms with Crippen molar-refractivity contribution in [1.82, 2.24) is 4.90 Å². The highest BCUT2D eigenvalue weighted by Gasteiger charge is 2.12. The van der Waals surface area contributed by atoms with Gasteiger partial charge in [0.05, 0.1) is 0 Å². The number of aldehydes is 1. The van der Waals surface area contributed by atoms with Crippen molar-refractivity contribution in [2.75, 3.05) is 13.6 Å². The van der Waals surface area contributed by atoms with Gasteiger partial charge in [0.25, 0.3) is 0 Å². The minimum atomic E-state index is 0.719. The predicted octanol–water partition coefficient (Wildman–Crippen LogP) is 1.99. The van der Waals surface area contributed by atoms with Crippen molar-refractivity contribution in [3.63, 3.8) is 0 Å². The van der Waals surface area contributed by atoms with E-state index in [2.05, 4.69) is 16.9 Å². The minimum Gasteiger partial charge on any atom is -0.363 e. The number of piperidine rings is 1. The van der Waals surface area contributed by atoms with Crippen LogP contribution in [0.5, 0.6) is 0 Å². The highest BCUT2D eigenvalue weighted by molar-refractivity contribution is 5.84. The Morgan fingerprint density at radius 2 is 2.14 bits per heavy atom. The molecule has 0 aromatic rings. The van der Waals surface area contributed by atoms with Gasteiger partial charge in [0.15, 0.2) is 0 Å². The molecular weight excluding hydrogens is 176 g/mol. The molecule has 0 N–H and O–H groups in total. The van der Waals surface area contributed by atoms with E-state index in [1.807, 2.05) is 6.92 Å². The molecule has 0 aromatic heterocycles. The van der Waals surface area contributed by atoms with Crippen LogP contribution in [0.25, 0.3) is 0 Å². The van der Waals surface area contributed by atoms with E-state index in [-0.39, 0.29) is 0 Å². The zero-order valence-electron chi connectivity index (χ0n) is 9.21. The highest BCUT2D eigenvalue weighted by atomic mass is 16.1. The van der Waals surface area contributed by atoms with Crippen molar-refractivity contribution < 1.29 is 4.79 Å². The van der Waals surface area contributed by atoms with Crippen molar-refractivity contribution in [2.24, 2.45) is 4.99 Å². The Bertz CT molecular complexity index is 279. The number of allylic oxidation sites excluding steroid dienone is 2. The summed E-state index contributed by atoms with van der Waals surface area (Å²) in [5.41, 5.74) is 1.56. The second kappa shape index (κ2) is 4.94. The first-order valence-electron chi connectivity index (χ1n) is 5.06. The average molecular weight is 194 g/mol. The van der Waals surface area contributed by atoms with Crippen molar-refractivity contribution in [1.29, 1.82) is 0 Å². The van der Waals surface area contributed by atoms with Gasteiger partial charge < -0.3 is 4.90 Å². The van der Waals surface area contributed by atoms with E-state index in [0.29, 0.717) is 0 Å². The Morgan fingerprint density at radius 3 is 2.71 bits per heavy atom. The number of amidine groups is 1. The van der Waals surface area contributed by atoms with Crippen LogP contribution in [0.3, 0.4) is 0 Å². The molecule has 3 heteroatoms. The second-order valence-corrected chi connectivity index (χ2v) is 3.79. The molecule has 0 unspecified atom stereocenters. The van der Waals surface area contributed by atoms with Crippen LogP contribution >= 0.6 is 0 Å². The van der Waals surface area contributed by atoms with Gasteiger partial charge in [-0.1, -0.05) is 0 Å². The van der Waals surface area contributed by atoms with Crippen LogP contribution < -0.4 is 0 Å². The van der Waals surface area contributed by atoms with E-state index in [1.165, 1.54) is 12.8 Å². The van der Waals surface area contributed by atoms with E-state index < -0.39 is 0 Å². The third-order valence-corrected chi connectivity index (χ3v) is 2.63. The van der Waals surface area contributed by atoms with Gasteiger partial charge in [-0.25, -0.2) is 4.99 Å². The number of hydrogen-bond acceptors (Lipinski definition) is 2. The molecule has 0 amide bonds. The predicted molar refractivity (Wildman–Crippen MR) is 58.4 cm³/mol. The molecule has 0 spiro atoms. The fourth-order valence-corrected chi connectivity index (χ4v) is 1.46. The Morgan fingerprint density at radius 1 is 1.43 bits per heavy atom. The number of rotatable bonds is 2. The molecule has 1 saturated heterocycles. The largest absolute Gasteiger partial charge is 0.363 e.